The Morgan fingerprint density at radius 2 is 2.00 bits per heavy atom. The van der Waals surface area contributed by atoms with Gasteiger partial charge in [-0.05, 0) is 41.7 Å². The summed E-state index contributed by atoms with van der Waals surface area (Å²) in [5.41, 5.74) is 4.65. The Morgan fingerprint density at radius 3 is 2.78 bits per heavy atom. The molecule has 0 radical (unpaired) electrons. The maximum Gasteiger partial charge on any atom is 0.221 e. The second-order valence-corrected chi connectivity index (χ2v) is 6.37. The highest BCUT2D eigenvalue weighted by molar-refractivity contribution is 5.89. The highest BCUT2D eigenvalue weighted by Crippen LogP contribution is 2.50. The van der Waals surface area contributed by atoms with E-state index in [4.69, 9.17) is 0 Å². The highest BCUT2D eigenvalue weighted by Gasteiger charge is 2.37. The lowest BCUT2D eigenvalue weighted by molar-refractivity contribution is -0.114. The van der Waals surface area contributed by atoms with Gasteiger partial charge in [-0.3, -0.25) is 4.79 Å². The van der Waals surface area contributed by atoms with E-state index in [0.29, 0.717) is 17.9 Å². The Bertz CT molecular complexity index is 766. The van der Waals surface area contributed by atoms with Crippen LogP contribution >= 0.6 is 0 Å². The summed E-state index contributed by atoms with van der Waals surface area (Å²) in [6, 6.07) is 17.1. The predicted octanol–water partition coefficient (Wildman–Crippen LogP) is 4.47. The van der Waals surface area contributed by atoms with E-state index in [1.165, 1.54) is 16.8 Å². The summed E-state index contributed by atoms with van der Waals surface area (Å²) in [5.74, 6) is 0.900. The van der Waals surface area contributed by atoms with Crippen LogP contribution in [0.5, 0.6) is 0 Å². The van der Waals surface area contributed by atoms with Crippen LogP contribution in [0.25, 0.3) is 0 Å². The summed E-state index contributed by atoms with van der Waals surface area (Å²) < 4.78 is 0. The number of carbonyl (C=O) groups excluding carboxylic acids is 1. The summed E-state index contributed by atoms with van der Waals surface area (Å²) in [7, 11) is 0. The van der Waals surface area contributed by atoms with Gasteiger partial charge in [-0.1, -0.05) is 42.5 Å². The van der Waals surface area contributed by atoms with Crippen molar-refractivity contribution in [3.63, 3.8) is 0 Å². The molecule has 0 fully saturated rings. The number of allylic oxidation sites excluding steroid dienone is 2. The van der Waals surface area contributed by atoms with Crippen LogP contribution in [0.3, 0.4) is 0 Å². The number of carbonyl (C=O) groups is 1. The number of nitrogens with one attached hydrogen (secondary N) is 2. The number of benzene rings is 2. The fourth-order valence-electron chi connectivity index (χ4n) is 3.87. The van der Waals surface area contributed by atoms with Gasteiger partial charge in [0.2, 0.25) is 5.91 Å². The van der Waals surface area contributed by atoms with Gasteiger partial charge < -0.3 is 10.6 Å². The molecule has 1 aliphatic carbocycles. The van der Waals surface area contributed by atoms with Crippen molar-refractivity contribution in [3.8, 4) is 0 Å². The van der Waals surface area contributed by atoms with Gasteiger partial charge in [0, 0.05) is 24.2 Å². The van der Waals surface area contributed by atoms with E-state index in [2.05, 4.69) is 65.3 Å². The topological polar surface area (TPSA) is 41.1 Å². The summed E-state index contributed by atoms with van der Waals surface area (Å²) in [5, 5.41) is 6.60. The molecule has 2 aliphatic rings. The maximum absolute atomic E-state index is 11.3. The molecule has 3 nitrogen and oxygen atoms in total. The Labute approximate surface area is 136 Å². The Kier molecular flexibility index (Phi) is 3.41. The molecule has 4 rings (SSSR count). The fraction of sp³-hybridized carbons (Fsp3) is 0.250. The van der Waals surface area contributed by atoms with Crippen LogP contribution < -0.4 is 10.6 Å². The number of rotatable bonds is 2. The van der Waals surface area contributed by atoms with Crippen molar-refractivity contribution in [2.24, 2.45) is 5.92 Å². The van der Waals surface area contributed by atoms with Crippen molar-refractivity contribution in [1.29, 1.82) is 0 Å². The zero-order valence-corrected chi connectivity index (χ0v) is 13.1. The van der Waals surface area contributed by atoms with Crippen molar-refractivity contribution in [1.82, 2.24) is 0 Å². The molecule has 2 N–H and O–H groups in total. The van der Waals surface area contributed by atoms with Gasteiger partial charge in [0.1, 0.15) is 0 Å². The highest BCUT2D eigenvalue weighted by atomic mass is 16.1. The van der Waals surface area contributed by atoms with E-state index >= 15 is 0 Å². The molecule has 1 heterocycles. The monoisotopic (exact) mass is 304 g/mol. The van der Waals surface area contributed by atoms with Crippen LogP contribution in [-0.2, 0) is 4.79 Å². The second-order valence-electron chi connectivity index (χ2n) is 6.37. The van der Waals surface area contributed by atoms with Crippen LogP contribution in [-0.4, -0.2) is 5.91 Å². The summed E-state index contributed by atoms with van der Waals surface area (Å²) >= 11 is 0. The SMILES string of the molecule is CC(=O)Nc1ccc2c(c1)[C@H]1C=CC[C@H]1[C@@H](c1ccccc1)N2. The Hall–Kier alpha value is -2.55. The molecule has 3 atom stereocenters. The van der Waals surface area contributed by atoms with Gasteiger partial charge in [-0.2, -0.15) is 0 Å². The molecule has 0 unspecified atom stereocenters. The van der Waals surface area contributed by atoms with Crippen LogP contribution in [0.15, 0.2) is 60.7 Å². The van der Waals surface area contributed by atoms with E-state index in [9.17, 15) is 4.79 Å². The zero-order chi connectivity index (χ0) is 15.8. The van der Waals surface area contributed by atoms with Crippen molar-refractivity contribution in [3.05, 3.63) is 71.8 Å². The second kappa shape index (κ2) is 5.58. The minimum Gasteiger partial charge on any atom is -0.378 e. The van der Waals surface area contributed by atoms with E-state index < -0.39 is 0 Å². The minimum atomic E-state index is -0.0330. The van der Waals surface area contributed by atoms with Gasteiger partial charge in [0.05, 0.1) is 6.04 Å². The molecule has 23 heavy (non-hydrogen) atoms. The normalized spacial score (nSPS) is 24.5. The lowest BCUT2D eigenvalue weighted by Gasteiger charge is -2.37. The number of fused-ring (bicyclic) bond motifs is 3. The molecule has 0 aromatic heterocycles. The molecule has 2 aromatic rings. The van der Waals surface area contributed by atoms with Crippen LogP contribution in [0, 0.1) is 5.92 Å². The molecule has 1 aliphatic heterocycles. The summed E-state index contributed by atoms with van der Waals surface area (Å²) in [6.45, 7) is 1.54. The van der Waals surface area contributed by atoms with E-state index in [-0.39, 0.29) is 5.91 Å². The molecular formula is C20H20N2O. The minimum absolute atomic E-state index is 0.0330. The Balaban J connectivity index is 1.73. The lowest BCUT2D eigenvalue weighted by Crippen LogP contribution is -2.29. The number of hydrogen-bond acceptors (Lipinski definition) is 2. The fourth-order valence-corrected chi connectivity index (χ4v) is 3.87. The van der Waals surface area contributed by atoms with Crippen LogP contribution in [0.2, 0.25) is 0 Å². The standard InChI is InChI=1S/C20H20N2O/c1-13(23)21-15-10-11-19-18(12-15)16-8-5-9-17(16)20(22-19)14-6-3-2-4-7-14/h2-8,10-12,16-17,20,22H,9H2,1H3,(H,21,23)/t16-,17+,20+/m0/s1. The first-order valence-corrected chi connectivity index (χ1v) is 8.12. The largest absolute Gasteiger partial charge is 0.378 e. The molecule has 0 saturated carbocycles. The third-order valence-corrected chi connectivity index (χ3v) is 4.84. The van der Waals surface area contributed by atoms with Crippen molar-refractivity contribution in [2.45, 2.75) is 25.3 Å². The molecule has 3 heteroatoms. The summed E-state index contributed by atoms with van der Waals surface area (Å²) in [6.07, 6.45) is 5.69. The van der Waals surface area contributed by atoms with Crippen molar-refractivity contribution >= 4 is 17.3 Å². The first-order chi connectivity index (χ1) is 11.2. The number of anilines is 2. The van der Waals surface area contributed by atoms with E-state index in [1.54, 1.807) is 6.92 Å². The molecule has 0 spiro atoms. The first kappa shape index (κ1) is 14.1. The third-order valence-electron chi connectivity index (χ3n) is 4.84. The van der Waals surface area contributed by atoms with Gasteiger partial charge in [-0.25, -0.2) is 0 Å². The Morgan fingerprint density at radius 1 is 1.17 bits per heavy atom. The quantitative estimate of drug-likeness (QED) is 0.804. The average molecular weight is 304 g/mol. The average Bonchev–Trinajstić information content (AvgIpc) is 3.04. The first-order valence-electron chi connectivity index (χ1n) is 8.12. The molecule has 1 amide bonds. The van der Waals surface area contributed by atoms with Gasteiger partial charge >= 0.3 is 0 Å². The molecule has 0 bridgehead atoms. The van der Waals surface area contributed by atoms with Crippen LogP contribution in [0.1, 0.15) is 36.4 Å². The molecule has 2 aromatic carbocycles. The zero-order valence-electron chi connectivity index (χ0n) is 13.1. The predicted molar refractivity (Wildman–Crippen MR) is 93.5 cm³/mol. The van der Waals surface area contributed by atoms with E-state index in [0.717, 1.165) is 12.1 Å². The molecular weight excluding hydrogens is 284 g/mol. The van der Waals surface area contributed by atoms with Crippen molar-refractivity contribution in [2.75, 3.05) is 10.6 Å². The summed E-state index contributed by atoms with van der Waals surface area (Å²) in [4.78, 5) is 11.3. The van der Waals surface area contributed by atoms with Crippen molar-refractivity contribution < 1.29 is 4.79 Å². The van der Waals surface area contributed by atoms with Gasteiger partial charge in [0.25, 0.3) is 0 Å². The molecule has 116 valence electrons. The number of hydrogen-bond donors (Lipinski definition) is 2. The number of amides is 1. The smallest absolute Gasteiger partial charge is 0.221 e. The van der Waals surface area contributed by atoms with E-state index in [1.807, 2.05) is 6.07 Å². The maximum atomic E-state index is 11.3. The third kappa shape index (κ3) is 2.52. The molecule has 0 saturated heterocycles. The van der Waals surface area contributed by atoms with Crippen LogP contribution in [0.4, 0.5) is 11.4 Å². The van der Waals surface area contributed by atoms with Gasteiger partial charge in [0.15, 0.2) is 0 Å². The van der Waals surface area contributed by atoms with Gasteiger partial charge in [-0.15, -0.1) is 0 Å². The lowest BCUT2D eigenvalue weighted by atomic mass is 9.77.